The minimum absolute atomic E-state index is 0.0272. The van der Waals surface area contributed by atoms with Crippen molar-refractivity contribution >= 4 is 5.97 Å². The average molecular weight is 601 g/mol. The van der Waals surface area contributed by atoms with Crippen LogP contribution in [0.4, 0.5) is 0 Å². The Hall–Kier alpha value is -0.650. The quantitative estimate of drug-likeness (QED) is 0.0515. The van der Waals surface area contributed by atoms with Crippen molar-refractivity contribution in [3.8, 4) is 0 Å². The second-order valence-corrected chi connectivity index (χ2v) is 12.5. The molecule has 3 N–H and O–H groups in total. The van der Waals surface area contributed by atoms with E-state index in [0.717, 1.165) is 12.8 Å². The molecule has 0 aliphatic heterocycles. The van der Waals surface area contributed by atoms with Gasteiger partial charge in [-0.1, -0.05) is 187 Å². The van der Waals surface area contributed by atoms with Crippen molar-refractivity contribution in [2.24, 2.45) is 0 Å². The highest BCUT2D eigenvalue weighted by atomic mass is 16.5. The molecule has 0 amide bonds. The van der Waals surface area contributed by atoms with Crippen molar-refractivity contribution in [1.82, 2.24) is 0 Å². The molecule has 0 saturated carbocycles. The lowest BCUT2D eigenvalue weighted by Gasteiger charge is -2.06. The van der Waals surface area contributed by atoms with Crippen LogP contribution in [0.2, 0.25) is 0 Å². The normalized spacial score (nSPS) is 11.1. The topological polar surface area (TPSA) is 87.0 Å². The summed E-state index contributed by atoms with van der Waals surface area (Å²) in [7, 11) is 0. The molecule has 0 fully saturated rings. The summed E-state index contributed by atoms with van der Waals surface area (Å²) in [6, 6.07) is 0. The minimum atomic E-state index is -0.954. The summed E-state index contributed by atoms with van der Waals surface area (Å²) in [6.07, 6.45) is 39.2. The molecule has 0 bridgehead atoms. The smallest absolute Gasteiger partial charge is 0.305 e. The summed E-state index contributed by atoms with van der Waals surface area (Å²) in [5, 5.41) is 24.0. The summed E-state index contributed by atoms with van der Waals surface area (Å²) >= 11 is 0. The van der Waals surface area contributed by atoms with Gasteiger partial charge in [0.2, 0.25) is 0 Å². The van der Waals surface area contributed by atoms with Gasteiger partial charge < -0.3 is 20.1 Å². The Balaban J connectivity index is 0. The van der Waals surface area contributed by atoms with Crippen LogP contribution in [0.25, 0.3) is 0 Å². The maximum atomic E-state index is 11.9. The molecular formula is C37H76O5. The van der Waals surface area contributed by atoms with E-state index in [2.05, 4.69) is 13.8 Å². The first-order chi connectivity index (χ1) is 20.6. The van der Waals surface area contributed by atoms with Crippen LogP contribution < -0.4 is 0 Å². The Labute approximate surface area is 263 Å². The molecule has 0 aromatic carbocycles. The molecule has 0 heterocycles. The molecule has 0 aromatic heterocycles. The summed E-state index contributed by atoms with van der Waals surface area (Å²) in [6.45, 7) is 4.48. The predicted octanol–water partition coefficient (Wildman–Crippen LogP) is 10.6. The number of unbranched alkanes of at least 4 members (excludes halogenated alkanes) is 27. The van der Waals surface area contributed by atoms with Crippen LogP contribution >= 0.6 is 0 Å². The van der Waals surface area contributed by atoms with Gasteiger partial charge in [0.15, 0.2) is 0 Å². The predicted molar refractivity (Wildman–Crippen MR) is 181 cm³/mol. The van der Waals surface area contributed by atoms with E-state index in [0.29, 0.717) is 13.0 Å². The van der Waals surface area contributed by atoms with Gasteiger partial charge >= 0.3 is 5.97 Å². The first kappa shape index (κ1) is 43.5. The maximum absolute atomic E-state index is 11.9. The standard InChI is InChI=1S/C34H68O2.C3H8O3/c1-3-5-7-9-11-13-15-17-19-20-22-24-26-28-30-32-34(35)36-33-31-29-27-25-23-21-18-16-14-12-10-8-6-4-2;4-1-3(6)2-5/h3-33H2,1-2H3;3-6H,1-2H2. The van der Waals surface area contributed by atoms with Crippen molar-refractivity contribution in [1.29, 1.82) is 0 Å². The van der Waals surface area contributed by atoms with E-state index in [4.69, 9.17) is 20.1 Å². The number of rotatable bonds is 33. The van der Waals surface area contributed by atoms with Crippen LogP contribution in [0.1, 0.15) is 206 Å². The van der Waals surface area contributed by atoms with Crippen LogP contribution in [0.15, 0.2) is 0 Å². The number of carbonyl (C=O) groups excluding carboxylic acids is 1. The van der Waals surface area contributed by atoms with Gasteiger partial charge in [-0.3, -0.25) is 4.79 Å². The molecule has 0 aromatic rings. The fourth-order valence-corrected chi connectivity index (χ4v) is 5.25. The van der Waals surface area contributed by atoms with Crippen LogP contribution in [-0.4, -0.2) is 47.2 Å². The third-order valence-electron chi connectivity index (χ3n) is 8.17. The molecule has 5 nitrogen and oxygen atoms in total. The number of hydrogen-bond donors (Lipinski definition) is 3. The first-order valence-corrected chi connectivity index (χ1v) is 18.7. The summed E-state index contributed by atoms with van der Waals surface area (Å²) < 4.78 is 5.43. The molecule has 0 spiro atoms. The Bertz CT molecular complexity index is 445. The fourth-order valence-electron chi connectivity index (χ4n) is 5.25. The number of hydrogen-bond acceptors (Lipinski definition) is 5. The molecule has 0 atom stereocenters. The van der Waals surface area contributed by atoms with E-state index in [-0.39, 0.29) is 19.2 Å². The van der Waals surface area contributed by atoms with E-state index < -0.39 is 6.10 Å². The molecule has 0 aliphatic rings. The number of aliphatic hydroxyl groups is 3. The van der Waals surface area contributed by atoms with Gasteiger partial charge in [-0.2, -0.15) is 0 Å². The zero-order chi connectivity index (χ0) is 31.2. The Morgan fingerprint density at radius 1 is 0.452 bits per heavy atom. The summed E-state index contributed by atoms with van der Waals surface area (Å²) in [5.41, 5.74) is 0. The average Bonchev–Trinajstić information content (AvgIpc) is 3.00. The van der Waals surface area contributed by atoms with Crippen molar-refractivity contribution in [3.63, 3.8) is 0 Å². The zero-order valence-electron chi connectivity index (χ0n) is 28.6. The largest absolute Gasteiger partial charge is 0.466 e. The highest BCUT2D eigenvalue weighted by molar-refractivity contribution is 5.69. The lowest BCUT2D eigenvalue weighted by atomic mass is 10.0. The lowest BCUT2D eigenvalue weighted by Crippen LogP contribution is -2.15. The van der Waals surface area contributed by atoms with Gasteiger partial charge in [-0.05, 0) is 12.8 Å². The fraction of sp³-hybridized carbons (Fsp3) is 0.973. The van der Waals surface area contributed by atoms with Crippen molar-refractivity contribution < 1.29 is 24.9 Å². The molecule has 0 aliphatic carbocycles. The first-order valence-electron chi connectivity index (χ1n) is 18.7. The van der Waals surface area contributed by atoms with Crippen LogP contribution in [0.3, 0.4) is 0 Å². The highest BCUT2D eigenvalue weighted by Gasteiger charge is 2.03. The SMILES string of the molecule is CCCCCCCCCCCCCCCCCC(=O)OCCCCCCCCCCCCCCCC.OCC(O)CO. The van der Waals surface area contributed by atoms with E-state index in [1.165, 1.54) is 173 Å². The van der Waals surface area contributed by atoms with Crippen molar-refractivity contribution in [2.45, 2.75) is 213 Å². The Kier molecular flexibility index (Phi) is 41.8. The number of ether oxygens (including phenoxy) is 1. The van der Waals surface area contributed by atoms with Crippen molar-refractivity contribution in [3.05, 3.63) is 0 Å². The van der Waals surface area contributed by atoms with E-state index in [1.54, 1.807) is 0 Å². The minimum Gasteiger partial charge on any atom is -0.466 e. The molecule has 42 heavy (non-hydrogen) atoms. The zero-order valence-corrected chi connectivity index (χ0v) is 28.6. The molecule has 5 heteroatoms. The Morgan fingerprint density at radius 3 is 0.976 bits per heavy atom. The lowest BCUT2D eigenvalue weighted by molar-refractivity contribution is -0.143. The summed E-state index contributed by atoms with van der Waals surface area (Å²) in [5.74, 6) is 0.0272. The van der Waals surface area contributed by atoms with E-state index in [1.807, 2.05) is 0 Å². The van der Waals surface area contributed by atoms with Gasteiger partial charge in [0.25, 0.3) is 0 Å². The highest BCUT2D eigenvalue weighted by Crippen LogP contribution is 2.15. The molecule has 0 saturated heterocycles. The van der Waals surface area contributed by atoms with E-state index in [9.17, 15) is 4.79 Å². The van der Waals surface area contributed by atoms with E-state index >= 15 is 0 Å². The molecule has 0 radical (unpaired) electrons. The maximum Gasteiger partial charge on any atom is 0.305 e. The number of esters is 1. The second kappa shape index (κ2) is 40.4. The van der Waals surface area contributed by atoms with Crippen LogP contribution in [0.5, 0.6) is 0 Å². The van der Waals surface area contributed by atoms with Gasteiger partial charge in [0.05, 0.1) is 19.8 Å². The number of carbonyl (C=O) groups is 1. The molecule has 0 rings (SSSR count). The van der Waals surface area contributed by atoms with Crippen molar-refractivity contribution in [2.75, 3.05) is 19.8 Å². The third kappa shape index (κ3) is 41.5. The van der Waals surface area contributed by atoms with Gasteiger partial charge in [0.1, 0.15) is 6.10 Å². The van der Waals surface area contributed by atoms with Gasteiger partial charge in [-0.25, -0.2) is 0 Å². The Morgan fingerprint density at radius 2 is 0.714 bits per heavy atom. The molecule has 0 unspecified atom stereocenters. The monoisotopic (exact) mass is 601 g/mol. The number of aliphatic hydroxyl groups excluding tert-OH is 3. The second-order valence-electron chi connectivity index (χ2n) is 12.5. The summed E-state index contributed by atoms with van der Waals surface area (Å²) in [4.78, 5) is 11.9. The molecular weight excluding hydrogens is 524 g/mol. The molecule has 254 valence electrons. The van der Waals surface area contributed by atoms with Crippen LogP contribution in [0, 0.1) is 0 Å². The van der Waals surface area contributed by atoms with Gasteiger partial charge in [-0.15, -0.1) is 0 Å². The van der Waals surface area contributed by atoms with Gasteiger partial charge in [0, 0.05) is 6.42 Å². The third-order valence-corrected chi connectivity index (χ3v) is 8.17. The van der Waals surface area contributed by atoms with Crippen LogP contribution in [-0.2, 0) is 9.53 Å².